The minimum atomic E-state index is -0.240. The van der Waals surface area contributed by atoms with Crippen molar-refractivity contribution >= 4 is 11.8 Å². The molecule has 1 atom stereocenters. The molecule has 1 unspecified atom stereocenters. The van der Waals surface area contributed by atoms with Gasteiger partial charge in [-0.15, -0.1) is 0 Å². The van der Waals surface area contributed by atoms with Gasteiger partial charge in [-0.25, -0.2) is 4.98 Å². The van der Waals surface area contributed by atoms with E-state index in [-0.39, 0.29) is 17.7 Å². The molecule has 2 heterocycles. The molecule has 1 N–H and O–H groups in total. The number of nitrogens with zero attached hydrogens (tertiary/aromatic N) is 4. The lowest BCUT2D eigenvalue weighted by molar-refractivity contribution is -0.135. The van der Waals surface area contributed by atoms with Crippen LogP contribution in [0.25, 0.3) is 0 Å². The maximum absolute atomic E-state index is 12.5. The first-order chi connectivity index (χ1) is 10.4. The Labute approximate surface area is 131 Å². The van der Waals surface area contributed by atoms with E-state index in [1.54, 1.807) is 23.0 Å². The summed E-state index contributed by atoms with van der Waals surface area (Å²) in [5.41, 5.74) is 0.974. The van der Waals surface area contributed by atoms with E-state index in [1.165, 1.54) is 0 Å². The first-order valence-electron chi connectivity index (χ1n) is 7.54. The molecule has 2 rings (SSSR count). The maximum Gasteiger partial charge on any atom is 0.228 e. The summed E-state index contributed by atoms with van der Waals surface area (Å²) in [6, 6.07) is 0. The molecule has 1 aliphatic heterocycles. The average Bonchev–Trinajstić information content (AvgIpc) is 3.01. The predicted molar refractivity (Wildman–Crippen MR) is 83.0 cm³/mol. The number of carbonyl (C=O) groups excluding carboxylic acids is 2. The predicted octanol–water partition coefficient (Wildman–Crippen LogP) is 0.0866. The number of rotatable bonds is 6. The smallest absolute Gasteiger partial charge is 0.228 e. The van der Waals surface area contributed by atoms with Crippen LogP contribution in [0.2, 0.25) is 0 Å². The number of likely N-dealkylation sites (tertiary alicyclic amines) is 1. The summed E-state index contributed by atoms with van der Waals surface area (Å²) >= 11 is 0. The van der Waals surface area contributed by atoms with E-state index in [9.17, 15) is 9.59 Å². The second-order valence-electron chi connectivity index (χ2n) is 6.25. The summed E-state index contributed by atoms with van der Waals surface area (Å²) in [7, 11) is 5.71. The van der Waals surface area contributed by atoms with Crippen molar-refractivity contribution in [3.05, 3.63) is 17.7 Å². The highest BCUT2D eigenvalue weighted by Crippen LogP contribution is 2.20. The third-order valence-electron chi connectivity index (χ3n) is 3.90. The lowest BCUT2D eigenvalue weighted by Gasteiger charge is -2.21. The fraction of sp³-hybridized carbons (Fsp3) is 0.667. The van der Waals surface area contributed by atoms with Crippen LogP contribution in [-0.4, -0.2) is 77.3 Å². The van der Waals surface area contributed by atoms with Crippen molar-refractivity contribution < 1.29 is 9.59 Å². The Kier molecular flexibility index (Phi) is 5.18. The van der Waals surface area contributed by atoms with Gasteiger partial charge in [-0.05, 0) is 21.0 Å². The van der Waals surface area contributed by atoms with Gasteiger partial charge in [0, 0.05) is 45.0 Å². The summed E-state index contributed by atoms with van der Waals surface area (Å²) < 4.78 is 0. The highest BCUT2D eigenvalue weighted by atomic mass is 16.2. The molecule has 122 valence electrons. The van der Waals surface area contributed by atoms with Crippen molar-refractivity contribution in [3.8, 4) is 0 Å². The normalized spacial score (nSPS) is 18.3. The Hall–Kier alpha value is -1.89. The highest BCUT2D eigenvalue weighted by molar-refractivity contribution is 5.89. The minimum Gasteiger partial charge on any atom is -0.345 e. The molecular formula is C15H25N5O2. The molecule has 1 aliphatic rings. The van der Waals surface area contributed by atoms with Crippen LogP contribution in [0.3, 0.4) is 0 Å². The molecule has 0 aliphatic carbocycles. The van der Waals surface area contributed by atoms with Crippen molar-refractivity contribution in [2.75, 3.05) is 40.8 Å². The first kappa shape index (κ1) is 16.5. The lowest BCUT2D eigenvalue weighted by Crippen LogP contribution is -2.36. The second-order valence-corrected chi connectivity index (χ2v) is 6.25. The van der Waals surface area contributed by atoms with Crippen LogP contribution in [-0.2, 0) is 16.1 Å². The number of aromatic nitrogens is 2. The van der Waals surface area contributed by atoms with Gasteiger partial charge in [-0.3, -0.25) is 9.59 Å². The van der Waals surface area contributed by atoms with Gasteiger partial charge in [0.15, 0.2) is 0 Å². The van der Waals surface area contributed by atoms with E-state index in [4.69, 9.17) is 0 Å². The number of amides is 2. The fourth-order valence-electron chi connectivity index (χ4n) is 2.64. The van der Waals surface area contributed by atoms with Gasteiger partial charge < -0.3 is 19.7 Å². The molecular weight excluding hydrogens is 282 g/mol. The van der Waals surface area contributed by atoms with Crippen LogP contribution in [0.5, 0.6) is 0 Å². The molecule has 22 heavy (non-hydrogen) atoms. The molecule has 1 aromatic heterocycles. The zero-order chi connectivity index (χ0) is 16.3. The topological polar surface area (TPSA) is 72.5 Å². The van der Waals surface area contributed by atoms with Crippen LogP contribution in [0.4, 0.5) is 0 Å². The van der Waals surface area contributed by atoms with Gasteiger partial charge in [-0.1, -0.05) is 0 Å². The molecule has 0 saturated carbocycles. The molecule has 1 aromatic rings. The number of nitrogens with one attached hydrogen (secondary N) is 1. The van der Waals surface area contributed by atoms with Crippen molar-refractivity contribution in [3.63, 3.8) is 0 Å². The number of hydrogen-bond donors (Lipinski definition) is 1. The number of hydrogen-bond acceptors (Lipinski definition) is 4. The van der Waals surface area contributed by atoms with Crippen LogP contribution in [0.15, 0.2) is 6.20 Å². The number of aryl methyl sites for hydroxylation is 1. The zero-order valence-corrected chi connectivity index (χ0v) is 13.8. The SMILES string of the molecule is Cc1cnc(CN(C)C(=O)C2CC(=O)N(CCN(C)C)C2)[nH]1. The van der Waals surface area contributed by atoms with Gasteiger partial charge in [0.2, 0.25) is 11.8 Å². The Morgan fingerprint density at radius 3 is 2.77 bits per heavy atom. The molecule has 7 heteroatoms. The summed E-state index contributed by atoms with van der Waals surface area (Å²) in [5.74, 6) is 0.607. The van der Waals surface area contributed by atoms with Crippen LogP contribution in [0.1, 0.15) is 17.9 Å². The quantitative estimate of drug-likeness (QED) is 0.808. The van der Waals surface area contributed by atoms with Crippen molar-refractivity contribution in [1.29, 1.82) is 0 Å². The van der Waals surface area contributed by atoms with Crippen LogP contribution < -0.4 is 0 Å². The fourth-order valence-corrected chi connectivity index (χ4v) is 2.64. The highest BCUT2D eigenvalue weighted by Gasteiger charge is 2.35. The van der Waals surface area contributed by atoms with E-state index in [0.717, 1.165) is 18.1 Å². The Balaban J connectivity index is 1.88. The summed E-state index contributed by atoms with van der Waals surface area (Å²) in [5, 5.41) is 0. The number of likely N-dealkylation sites (N-methyl/N-ethyl adjacent to an activating group) is 1. The van der Waals surface area contributed by atoms with E-state index < -0.39 is 0 Å². The zero-order valence-electron chi connectivity index (χ0n) is 13.8. The standard InChI is InChI=1S/C15H25N5O2/c1-11-8-16-13(17-11)10-19(4)15(22)12-7-14(21)20(9-12)6-5-18(2)3/h8,12H,5-7,9-10H2,1-4H3,(H,16,17). The maximum atomic E-state index is 12.5. The minimum absolute atomic E-state index is 0.00903. The number of aromatic amines is 1. The van der Waals surface area contributed by atoms with Crippen molar-refractivity contribution in [2.45, 2.75) is 19.9 Å². The van der Waals surface area contributed by atoms with Crippen LogP contribution >= 0.6 is 0 Å². The van der Waals surface area contributed by atoms with Gasteiger partial charge in [0.05, 0.1) is 12.5 Å². The van der Waals surface area contributed by atoms with E-state index in [1.807, 2.05) is 25.9 Å². The largest absolute Gasteiger partial charge is 0.345 e. The monoisotopic (exact) mass is 307 g/mol. The third kappa shape index (κ3) is 4.07. The average molecular weight is 307 g/mol. The van der Waals surface area contributed by atoms with Gasteiger partial charge >= 0.3 is 0 Å². The van der Waals surface area contributed by atoms with Gasteiger partial charge in [-0.2, -0.15) is 0 Å². The summed E-state index contributed by atoms with van der Waals surface area (Å²) in [6.07, 6.45) is 2.06. The van der Waals surface area contributed by atoms with Gasteiger partial charge in [0.1, 0.15) is 5.82 Å². The van der Waals surface area contributed by atoms with E-state index >= 15 is 0 Å². The Morgan fingerprint density at radius 2 is 2.18 bits per heavy atom. The number of H-pyrrole nitrogens is 1. The Morgan fingerprint density at radius 1 is 1.45 bits per heavy atom. The van der Waals surface area contributed by atoms with Gasteiger partial charge in [0.25, 0.3) is 0 Å². The first-order valence-corrected chi connectivity index (χ1v) is 7.54. The molecule has 1 fully saturated rings. The van der Waals surface area contributed by atoms with Crippen LogP contribution in [0, 0.1) is 12.8 Å². The van der Waals surface area contributed by atoms with E-state index in [2.05, 4.69) is 9.97 Å². The molecule has 2 amide bonds. The molecule has 0 bridgehead atoms. The number of imidazole rings is 1. The molecule has 7 nitrogen and oxygen atoms in total. The van der Waals surface area contributed by atoms with Crippen molar-refractivity contribution in [1.82, 2.24) is 24.7 Å². The third-order valence-corrected chi connectivity index (χ3v) is 3.90. The molecule has 1 saturated heterocycles. The molecule has 0 aromatic carbocycles. The van der Waals surface area contributed by atoms with Crippen molar-refractivity contribution in [2.24, 2.45) is 5.92 Å². The molecule has 0 radical (unpaired) electrons. The Bertz CT molecular complexity index is 540. The lowest BCUT2D eigenvalue weighted by atomic mass is 10.1. The second kappa shape index (κ2) is 6.91. The summed E-state index contributed by atoms with van der Waals surface area (Å²) in [6.45, 7) is 4.38. The number of carbonyl (C=O) groups is 2. The van der Waals surface area contributed by atoms with E-state index in [0.29, 0.717) is 26.1 Å². The summed E-state index contributed by atoms with van der Waals surface area (Å²) in [4.78, 5) is 37.3. The molecule has 0 spiro atoms.